The van der Waals surface area contributed by atoms with Gasteiger partial charge in [0.2, 0.25) is 0 Å². The van der Waals surface area contributed by atoms with Crippen molar-refractivity contribution in [3.8, 4) is 0 Å². The summed E-state index contributed by atoms with van der Waals surface area (Å²) < 4.78 is 0. The molecule has 0 unspecified atom stereocenters. The highest BCUT2D eigenvalue weighted by Gasteiger charge is 2.06. The molecule has 1 rings (SSSR count). The van der Waals surface area contributed by atoms with Gasteiger partial charge in [0.1, 0.15) is 0 Å². The molecule has 0 fully saturated rings. The van der Waals surface area contributed by atoms with E-state index in [1.165, 1.54) is 18.0 Å². The highest BCUT2D eigenvalue weighted by atomic mass is 35.5. The lowest BCUT2D eigenvalue weighted by atomic mass is 10.4. The first-order valence-corrected chi connectivity index (χ1v) is 5.93. The molecule has 0 saturated carbocycles. The number of allylic oxidation sites excluding steroid dienone is 3. The maximum Gasteiger partial charge on any atom is 0.267 e. The minimum atomic E-state index is -0.266. The third kappa shape index (κ3) is 4.13. The molecule has 1 heterocycles. The zero-order valence-electron chi connectivity index (χ0n) is 9.24. The van der Waals surface area contributed by atoms with Crippen LogP contribution in [-0.4, -0.2) is 9.97 Å². The monoisotopic (exact) mass is 269 g/mol. The first-order chi connectivity index (χ1) is 8.04. The minimum Gasteiger partial charge on any atom is -0.398 e. The maximum atomic E-state index is 11.1. The van der Waals surface area contributed by atoms with Crippen LogP contribution < -0.4 is 11.3 Å². The van der Waals surface area contributed by atoms with Crippen molar-refractivity contribution >= 4 is 23.4 Å². The van der Waals surface area contributed by atoms with Crippen LogP contribution in [0.3, 0.4) is 0 Å². The summed E-state index contributed by atoms with van der Waals surface area (Å²) in [7, 11) is 0. The van der Waals surface area contributed by atoms with E-state index in [2.05, 4.69) is 16.5 Å². The average molecular weight is 270 g/mol. The summed E-state index contributed by atoms with van der Waals surface area (Å²) >= 11 is 7.29. The van der Waals surface area contributed by atoms with Gasteiger partial charge in [-0.2, -0.15) is 0 Å². The van der Waals surface area contributed by atoms with E-state index in [1.54, 1.807) is 12.3 Å². The number of aromatic nitrogens is 2. The molecule has 90 valence electrons. The quantitative estimate of drug-likeness (QED) is 0.650. The molecule has 4 nitrogen and oxygen atoms in total. The zero-order chi connectivity index (χ0) is 12.8. The van der Waals surface area contributed by atoms with E-state index >= 15 is 0 Å². The number of thioether (sulfide) groups is 1. The Morgan fingerprint density at radius 1 is 1.65 bits per heavy atom. The van der Waals surface area contributed by atoms with Gasteiger partial charge >= 0.3 is 0 Å². The van der Waals surface area contributed by atoms with Crippen LogP contribution in [0.25, 0.3) is 0 Å². The molecular weight excluding hydrogens is 258 g/mol. The van der Waals surface area contributed by atoms with Crippen molar-refractivity contribution in [1.82, 2.24) is 9.97 Å². The SMILES string of the molecule is C=C(N)/C(Cl)=C(\C=C/C)Sc1cncc(=O)[nH]1. The largest absolute Gasteiger partial charge is 0.398 e. The molecule has 0 aliphatic carbocycles. The van der Waals surface area contributed by atoms with E-state index < -0.39 is 0 Å². The predicted molar refractivity (Wildman–Crippen MR) is 71.7 cm³/mol. The number of hydrogen-bond acceptors (Lipinski definition) is 4. The molecule has 1 aromatic rings. The standard InChI is InChI=1S/C11H12ClN3OS/c1-3-4-8(11(12)7(2)13)17-10-6-14-5-9(16)15-10/h3-6H,2,13H2,1H3,(H,15,16)/b4-3-,11-8-. The van der Waals surface area contributed by atoms with Crippen LogP contribution in [0.4, 0.5) is 0 Å². The van der Waals surface area contributed by atoms with Crippen molar-refractivity contribution in [2.24, 2.45) is 5.73 Å². The molecule has 3 N–H and O–H groups in total. The van der Waals surface area contributed by atoms with Gasteiger partial charge in [-0.05, 0) is 6.92 Å². The van der Waals surface area contributed by atoms with Gasteiger partial charge in [0.25, 0.3) is 5.56 Å². The molecule has 0 spiro atoms. The summed E-state index contributed by atoms with van der Waals surface area (Å²) in [6.07, 6.45) is 6.35. The average Bonchev–Trinajstić information content (AvgIpc) is 2.27. The summed E-state index contributed by atoms with van der Waals surface area (Å²) in [6.45, 7) is 5.43. The molecule has 17 heavy (non-hydrogen) atoms. The summed E-state index contributed by atoms with van der Waals surface area (Å²) in [6, 6.07) is 0. The Balaban J connectivity index is 3.08. The number of H-pyrrole nitrogens is 1. The molecule has 0 amide bonds. The molecular formula is C11H12ClN3OS. The predicted octanol–water partition coefficient (Wildman–Crippen LogP) is 2.36. The second-order valence-electron chi connectivity index (χ2n) is 3.07. The van der Waals surface area contributed by atoms with Gasteiger partial charge in [-0.25, -0.2) is 0 Å². The van der Waals surface area contributed by atoms with Crippen LogP contribution in [0.2, 0.25) is 0 Å². The van der Waals surface area contributed by atoms with Gasteiger partial charge in [-0.3, -0.25) is 9.78 Å². The minimum absolute atomic E-state index is 0.266. The van der Waals surface area contributed by atoms with Crippen molar-refractivity contribution in [2.75, 3.05) is 0 Å². The van der Waals surface area contributed by atoms with Crippen LogP contribution >= 0.6 is 23.4 Å². The summed E-state index contributed by atoms with van der Waals surface area (Å²) in [5, 5.41) is 0.947. The smallest absolute Gasteiger partial charge is 0.267 e. The topological polar surface area (TPSA) is 71.8 Å². The van der Waals surface area contributed by atoms with Gasteiger partial charge in [0.15, 0.2) is 0 Å². The number of nitrogens with one attached hydrogen (secondary N) is 1. The zero-order valence-corrected chi connectivity index (χ0v) is 10.8. The van der Waals surface area contributed by atoms with E-state index in [0.29, 0.717) is 15.0 Å². The van der Waals surface area contributed by atoms with Crippen LogP contribution in [0.5, 0.6) is 0 Å². The van der Waals surface area contributed by atoms with Gasteiger partial charge in [-0.15, -0.1) is 0 Å². The molecule has 1 aromatic heterocycles. The highest BCUT2D eigenvalue weighted by Crippen LogP contribution is 2.30. The highest BCUT2D eigenvalue weighted by molar-refractivity contribution is 8.03. The molecule has 0 aromatic carbocycles. The van der Waals surface area contributed by atoms with Crippen molar-refractivity contribution in [1.29, 1.82) is 0 Å². The molecule has 0 saturated heterocycles. The Morgan fingerprint density at radius 3 is 2.88 bits per heavy atom. The lowest BCUT2D eigenvalue weighted by Gasteiger charge is -2.05. The van der Waals surface area contributed by atoms with E-state index in [4.69, 9.17) is 17.3 Å². The van der Waals surface area contributed by atoms with Gasteiger partial charge in [-0.1, -0.05) is 42.1 Å². The Labute approximate surface area is 108 Å². The number of hydrogen-bond donors (Lipinski definition) is 2. The molecule has 0 bridgehead atoms. The summed E-state index contributed by atoms with van der Waals surface area (Å²) in [5.41, 5.74) is 5.54. The molecule has 0 radical (unpaired) electrons. The van der Waals surface area contributed by atoms with E-state index in [1.807, 2.05) is 13.0 Å². The third-order valence-corrected chi connectivity index (χ3v) is 3.21. The van der Waals surface area contributed by atoms with Gasteiger partial charge < -0.3 is 10.7 Å². The number of aromatic amines is 1. The van der Waals surface area contributed by atoms with Crippen molar-refractivity contribution in [3.63, 3.8) is 0 Å². The first-order valence-electron chi connectivity index (χ1n) is 4.74. The van der Waals surface area contributed by atoms with Gasteiger partial charge in [0, 0.05) is 10.6 Å². The third-order valence-electron chi connectivity index (χ3n) is 1.67. The van der Waals surface area contributed by atoms with Crippen molar-refractivity contribution < 1.29 is 0 Å². The van der Waals surface area contributed by atoms with Crippen LogP contribution in [0.1, 0.15) is 6.92 Å². The van der Waals surface area contributed by atoms with Crippen LogP contribution in [-0.2, 0) is 0 Å². The fourth-order valence-corrected chi connectivity index (χ4v) is 2.10. The molecule has 0 aliphatic heterocycles. The van der Waals surface area contributed by atoms with Crippen LogP contribution in [0.15, 0.2) is 56.6 Å². The van der Waals surface area contributed by atoms with Gasteiger partial charge in [0.05, 0.1) is 22.5 Å². The van der Waals surface area contributed by atoms with Crippen molar-refractivity contribution in [3.05, 3.63) is 57.1 Å². The van der Waals surface area contributed by atoms with E-state index in [0.717, 1.165) is 0 Å². The number of nitrogens with zero attached hydrogens (tertiary/aromatic N) is 1. The lowest BCUT2D eigenvalue weighted by molar-refractivity contribution is 1.01. The Kier molecular flexibility index (Phi) is 5.06. The Hall–Kier alpha value is -1.46. The van der Waals surface area contributed by atoms with Crippen molar-refractivity contribution in [2.45, 2.75) is 11.9 Å². The van der Waals surface area contributed by atoms with Crippen LogP contribution in [0, 0.1) is 0 Å². The number of rotatable bonds is 4. The fourth-order valence-electron chi connectivity index (χ4n) is 0.991. The summed E-state index contributed by atoms with van der Waals surface area (Å²) in [4.78, 5) is 18.2. The Bertz CT molecular complexity index is 534. The second-order valence-corrected chi connectivity index (χ2v) is 4.53. The fraction of sp³-hybridized carbons (Fsp3) is 0.0909. The number of halogens is 1. The molecule has 6 heteroatoms. The maximum absolute atomic E-state index is 11.1. The van der Waals surface area contributed by atoms with E-state index in [9.17, 15) is 4.79 Å². The van der Waals surface area contributed by atoms with E-state index in [-0.39, 0.29) is 11.3 Å². The second kappa shape index (κ2) is 6.32. The molecule has 0 aliphatic rings. The Morgan fingerprint density at radius 2 is 2.35 bits per heavy atom. The normalized spacial score (nSPS) is 12.6. The first kappa shape index (κ1) is 13.6. The molecule has 0 atom stereocenters. The summed E-state index contributed by atoms with van der Waals surface area (Å²) in [5.74, 6) is 0. The number of nitrogens with two attached hydrogens (primary N) is 1. The lowest BCUT2D eigenvalue weighted by Crippen LogP contribution is -2.05.